The van der Waals surface area contributed by atoms with E-state index in [1.54, 1.807) is 24.7 Å². The summed E-state index contributed by atoms with van der Waals surface area (Å²) in [4.78, 5) is 25.3. The highest BCUT2D eigenvalue weighted by Crippen LogP contribution is 2.26. The van der Waals surface area contributed by atoms with Crippen LogP contribution in [0.1, 0.15) is 30.8 Å². The SMILES string of the molecule is CC(C)OCCCNc1nccc(C(=O)Nc2cnccc2-c2ccccc2)n1. The van der Waals surface area contributed by atoms with Gasteiger partial charge >= 0.3 is 0 Å². The third-order valence-corrected chi connectivity index (χ3v) is 4.10. The zero-order valence-electron chi connectivity index (χ0n) is 16.6. The van der Waals surface area contributed by atoms with E-state index in [2.05, 4.69) is 25.6 Å². The summed E-state index contributed by atoms with van der Waals surface area (Å²) in [7, 11) is 0. The fraction of sp³-hybridized carbons (Fsp3) is 0.273. The molecule has 2 N–H and O–H groups in total. The van der Waals surface area contributed by atoms with E-state index in [9.17, 15) is 4.79 Å². The summed E-state index contributed by atoms with van der Waals surface area (Å²) < 4.78 is 5.50. The number of benzene rings is 1. The predicted octanol–water partition coefficient (Wildman–Crippen LogP) is 4.02. The normalized spacial score (nSPS) is 10.7. The van der Waals surface area contributed by atoms with Gasteiger partial charge in [-0.1, -0.05) is 30.3 Å². The van der Waals surface area contributed by atoms with Crippen molar-refractivity contribution in [2.75, 3.05) is 23.8 Å². The molecule has 3 rings (SSSR count). The molecule has 2 aromatic heterocycles. The average molecular weight is 391 g/mol. The van der Waals surface area contributed by atoms with Crippen LogP contribution in [0.25, 0.3) is 11.1 Å². The second-order valence-corrected chi connectivity index (χ2v) is 6.71. The molecule has 7 nitrogen and oxygen atoms in total. The van der Waals surface area contributed by atoms with Crippen molar-refractivity contribution >= 4 is 17.5 Å². The minimum atomic E-state index is -0.316. The van der Waals surface area contributed by atoms with Crippen LogP contribution in [0.4, 0.5) is 11.6 Å². The molecule has 0 spiro atoms. The summed E-state index contributed by atoms with van der Waals surface area (Å²) in [6, 6.07) is 13.3. The summed E-state index contributed by atoms with van der Waals surface area (Å²) in [5.41, 5.74) is 2.80. The van der Waals surface area contributed by atoms with E-state index in [1.165, 1.54) is 0 Å². The number of nitrogens with one attached hydrogen (secondary N) is 2. The van der Waals surface area contributed by atoms with Crippen LogP contribution in [-0.2, 0) is 4.74 Å². The molecule has 0 aliphatic heterocycles. The van der Waals surface area contributed by atoms with E-state index >= 15 is 0 Å². The van der Waals surface area contributed by atoms with Gasteiger partial charge in [-0.3, -0.25) is 9.78 Å². The van der Waals surface area contributed by atoms with Crippen molar-refractivity contribution in [2.45, 2.75) is 26.4 Å². The highest BCUT2D eigenvalue weighted by molar-refractivity contribution is 6.05. The van der Waals surface area contributed by atoms with Crippen LogP contribution in [0.5, 0.6) is 0 Å². The third kappa shape index (κ3) is 6.08. The van der Waals surface area contributed by atoms with Crippen molar-refractivity contribution in [3.05, 3.63) is 66.7 Å². The van der Waals surface area contributed by atoms with Crippen LogP contribution in [0.15, 0.2) is 61.1 Å². The highest BCUT2D eigenvalue weighted by atomic mass is 16.5. The lowest BCUT2D eigenvalue weighted by Crippen LogP contribution is -2.16. The van der Waals surface area contributed by atoms with Crippen LogP contribution in [0.3, 0.4) is 0 Å². The van der Waals surface area contributed by atoms with E-state index in [0.717, 1.165) is 17.5 Å². The Bertz CT molecular complexity index is 931. The van der Waals surface area contributed by atoms with Crippen LogP contribution in [0, 0.1) is 0 Å². The van der Waals surface area contributed by atoms with Gasteiger partial charge in [-0.05, 0) is 38.0 Å². The number of rotatable bonds is 9. The van der Waals surface area contributed by atoms with Gasteiger partial charge < -0.3 is 15.4 Å². The van der Waals surface area contributed by atoms with Crippen LogP contribution < -0.4 is 10.6 Å². The Balaban J connectivity index is 1.65. The molecule has 0 unspecified atom stereocenters. The number of hydrogen-bond donors (Lipinski definition) is 2. The van der Waals surface area contributed by atoms with E-state index in [1.807, 2.05) is 50.2 Å². The molecule has 2 heterocycles. The molecule has 0 saturated heterocycles. The van der Waals surface area contributed by atoms with Gasteiger partial charge in [0.15, 0.2) is 0 Å². The number of aromatic nitrogens is 3. The van der Waals surface area contributed by atoms with Gasteiger partial charge in [-0.15, -0.1) is 0 Å². The number of pyridine rings is 1. The average Bonchev–Trinajstić information content (AvgIpc) is 2.74. The molecule has 0 radical (unpaired) electrons. The largest absolute Gasteiger partial charge is 0.379 e. The molecule has 1 amide bonds. The van der Waals surface area contributed by atoms with Gasteiger partial charge in [0.1, 0.15) is 5.69 Å². The Morgan fingerprint density at radius 1 is 1.10 bits per heavy atom. The lowest BCUT2D eigenvalue weighted by molar-refractivity contribution is 0.0787. The Morgan fingerprint density at radius 2 is 1.93 bits per heavy atom. The molecule has 0 aliphatic rings. The highest BCUT2D eigenvalue weighted by Gasteiger charge is 2.12. The maximum atomic E-state index is 12.7. The quantitative estimate of drug-likeness (QED) is 0.536. The van der Waals surface area contributed by atoms with Gasteiger partial charge in [0.25, 0.3) is 5.91 Å². The van der Waals surface area contributed by atoms with Crippen molar-refractivity contribution in [3.8, 4) is 11.1 Å². The van der Waals surface area contributed by atoms with Crippen LogP contribution in [0.2, 0.25) is 0 Å². The Morgan fingerprint density at radius 3 is 2.72 bits per heavy atom. The Labute approximate surface area is 170 Å². The topological polar surface area (TPSA) is 89.0 Å². The molecular weight excluding hydrogens is 366 g/mol. The van der Waals surface area contributed by atoms with Crippen molar-refractivity contribution in [3.63, 3.8) is 0 Å². The molecule has 0 saturated carbocycles. The molecule has 29 heavy (non-hydrogen) atoms. The maximum Gasteiger partial charge on any atom is 0.274 e. The van der Waals surface area contributed by atoms with E-state index in [-0.39, 0.29) is 17.7 Å². The van der Waals surface area contributed by atoms with E-state index in [4.69, 9.17) is 4.74 Å². The number of nitrogens with zero attached hydrogens (tertiary/aromatic N) is 3. The number of hydrogen-bond acceptors (Lipinski definition) is 6. The number of carbonyl (C=O) groups excluding carboxylic acids is 1. The predicted molar refractivity (Wildman–Crippen MR) is 114 cm³/mol. The molecule has 3 aromatic rings. The maximum absolute atomic E-state index is 12.7. The zero-order valence-corrected chi connectivity index (χ0v) is 16.6. The second-order valence-electron chi connectivity index (χ2n) is 6.71. The standard InChI is InChI=1S/C22H25N5O2/c1-16(2)29-14-6-11-24-22-25-13-10-19(27-22)21(28)26-20-15-23-12-9-18(20)17-7-4-3-5-8-17/h3-5,7-10,12-13,15-16H,6,11,14H2,1-2H3,(H,26,28)(H,24,25,27). The summed E-state index contributed by atoms with van der Waals surface area (Å²) in [6.45, 7) is 5.33. The van der Waals surface area contributed by atoms with Crippen molar-refractivity contribution in [1.82, 2.24) is 15.0 Å². The lowest BCUT2D eigenvalue weighted by Gasteiger charge is -2.11. The summed E-state index contributed by atoms with van der Waals surface area (Å²) in [5.74, 6) is 0.0976. The van der Waals surface area contributed by atoms with Crippen molar-refractivity contribution < 1.29 is 9.53 Å². The molecule has 0 fully saturated rings. The number of amides is 1. The first-order valence-corrected chi connectivity index (χ1v) is 9.63. The van der Waals surface area contributed by atoms with Gasteiger partial charge in [-0.2, -0.15) is 0 Å². The second kappa shape index (κ2) is 10.3. The minimum Gasteiger partial charge on any atom is -0.379 e. The van der Waals surface area contributed by atoms with Crippen molar-refractivity contribution in [2.24, 2.45) is 0 Å². The lowest BCUT2D eigenvalue weighted by atomic mass is 10.1. The van der Waals surface area contributed by atoms with Gasteiger partial charge in [0.05, 0.1) is 18.0 Å². The first kappa shape index (κ1) is 20.4. The van der Waals surface area contributed by atoms with Gasteiger partial charge in [-0.25, -0.2) is 9.97 Å². The molecule has 7 heteroatoms. The van der Waals surface area contributed by atoms with Gasteiger partial charge in [0, 0.05) is 31.1 Å². The molecule has 0 bridgehead atoms. The summed E-state index contributed by atoms with van der Waals surface area (Å²) in [6.07, 6.45) is 5.94. The first-order chi connectivity index (χ1) is 14.1. The van der Waals surface area contributed by atoms with Gasteiger partial charge in [0.2, 0.25) is 5.95 Å². The molecule has 0 aliphatic carbocycles. The number of carbonyl (C=O) groups is 1. The zero-order chi connectivity index (χ0) is 20.5. The molecule has 150 valence electrons. The monoisotopic (exact) mass is 391 g/mol. The number of anilines is 2. The smallest absolute Gasteiger partial charge is 0.274 e. The molecular formula is C22H25N5O2. The summed E-state index contributed by atoms with van der Waals surface area (Å²) >= 11 is 0. The Kier molecular flexibility index (Phi) is 7.24. The van der Waals surface area contributed by atoms with Crippen LogP contribution in [-0.4, -0.2) is 40.1 Å². The van der Waals surface area contributed by atoms with E-state index in [0.29, 0.717) is 24.8 Å². The first-order valence-electron chi connectivity index (χ1n) is 9.63. The Hall–Kier alpha value is -3.32. The number of ether oxygens (including phenoxy) is 1. The molecule has 0 atom stereocenters. The fourth-order valence-corrected chi connectivity index (χ4v) is 2.71. The van der Waals surface area contributed by atoms with Crippen LogP contribution >= 0.6 is 0 Å². The van der Waals surface area contributed by atoms with Crippen molar-refractivity contribution in [1.29, 1.82) is 0 Å². The fourth-order valence-electron chi connectivity index (χ4n) is 2.71. The third-order valence-electron chi connectivity index (χ3n) is 4.10. The molecule has 1 aromatic carbocycles. The minimum absolute atomic E-state index is 0.214. The summed E-state index contributed by atoms with van der Waals surface area (Å²) in [5, 5.41) is 6.02. The van der Waals surface area contributed by atoms with E-state index < -0.39 is 0 Å².